The van der Waals surface area contributed by atoms with Crippen LogP contribution in [0, 0.1) is 11.8 Å². The van der Waals surface area contributed by atoms with Gasteiger partial charge in [-0.05, 0) is 0 Å². The van der Waals surface area contributed by atoms with E-state index >= 15 is 0 Å². The van der Waals surface area contributed by atoms with Crippen LogP contribution in [-0.4, -0.2) is 36.4 Å². The van der Waals surface area contributed by atoms with Crippen molar-refractivity contribution in [2.24, 2.45) is 11.8 Å². The first kappa shape index (κ1) is 15.9. The van der Waals surface area contributed by atoms with Crippen molar-refractivity contribution in [2.75, 3.05) is 26.2 Å². The summed E-state index contributed by atoms with van der Waals surface area (Å²) in [7, 11) is 0. The Hall–Kier alpha value is -0.0800. The van der Waals surface area contributed by atoms with Crippen molar-refractivity contribution in [1.29, 1.82) is 0 Å². The van der Waals surface area contributed by atoms with Crippen LogP contribution in [0.25, 0.3) is 0 Å². The van der Waals surface area contributed by atoms with Gasteiger partial charge in [-0.15, -0.1) is 0 Å². The Labute approximate surface area is 106 Å². The number of rotatable bonds is 4. The van der Waals surface area contributed by atoms with Crippen molar-refractivity contribution in [3.8, 4) is 0 Å². The van der Waals surface area contributed by atoms with Crippen molar-refractivity contribution in [3.63, 3.8) is 0 Å². The van der Waals surface area contributed by atoms with E-state index in [1.54, 1.807) is 0 Å². The molecule has 0 bridgehead atoms. The summed E-state index contributed by atoms with van der Waals surface area (Å²) >= 11 is 0. The molecule has 0 N–H and O–H groups in total. The van der Waals surface area contributed by atoms with Gasteiger partial charge in [0.05, 0.1) is 39.0 Å². The van der Waals surface area contributed by atoms with Crippen LogP contribution >= 0.6 is 0 Å². The van der Waals surface area contributed by atoms with Crippen LogP contribution in [0.1, 0.15) is 40.5 Å². The summed E-state index contributed by atoms with van der Waals surface area (Å²) in [6.45, 7) is 13.8. The minimum absolute atomic E-state index is 0. The first-order valence-corrected chi connectivity index (χ1v) is 6.30. The molecule has 2 nitrogen and oxygen atoms in total. The number of halogens is 1. The van der Waals surface area contributed by atoms with Gasteiger partial charge in [0, 0.05) is 11.8 Å². The Kier molecular flexibility index (Phi) is 6.57. The summed E-state index contributed by atoms with van der Waals surface area (Å²) in [5, 5.41) is 0. The number of Topliss-reactive ketones (excluding diaryl/α,β-unsaturated/α-hetero) is 1. The Morgan fingerprint density at radius 1 is 1.00 bits per heavy atom. The highest BCUT2D eigenvalue weighted by Gasteiger charge is 2.34. The zero-order valence-electron chi connectivity index (χ0n) is 11.1. The zero-order chi connectivity index (χ0) is 11.5. The molecule has 0 aromatic carbocycles. The maximum Gasteiger partial charge on any atom is 0.144 e. The molecule has 1 saturated heterocycles. The quantitative estimate of drug-likeness (QED) is 0.612. The molecule has 0 amide bonds. The third kappa shape index (κ3) is 4.84. The van der Waals surface area contributed by atoms with E-state index in [0.717, 1.165) is 37.8 Å². The van der Waals surface area contributed by atoms with Crippen molar-refractivity contribution < 1.29 is 21.7 Å². The van der Waals surface area contributed by atoms with E-state index in [0.29, 0.717) is 5.78 Å². The van der Waals surface area contributed by atoms with Gasteiger partial charge >= 0.3 is 0 Å². The number of hydrogen-bond donors (Lipinski definition) is 0. The molecule has 0 aromatic heterocycles. The number of hydrogen-bond acceptors (Lipinski definition) is 1. The van der Waals surface area contributed by atoms with E-state index < -0.39 is 0 Å². The van der Waals surface area contributed by atoms with E-state index in [1.807, 2.05) is 0 Å². The lowest BCUT2D eigenvalue weighted by atomic mass is 10.0. The van der Waals surface area contributed by atoms with Crippen molar-refractivity contribution in [3.05, 3.63) is 0 Å². The number of likely N-dealkylation sites (tertiary alicyclic amines) is 1. The summed E-state index contributed by atoms with van der Waals surface area (Å²) in [6, 6.07) is 0. The van der Waals surface area contributed by atoms with Crippen LogP contribution in [-0.2, 0) is 4.79 Å². The van der Waals surface area contributed by atoms with Gasteiger partial charge < -0.3 is 16.9 Å². The van der Waals surface area contributed by atoms with Crippen LogP contribution in [0.2, 0.25) is 0 Å². The third-order valence-corrected chi connectivity index (χ3v) is 3.23. The van der Waals surface area contributed by atoms with Gasteiger partial charge in [-0.2, -0.15) is 0 Å². The van der Waals surface area contributed by atoms with Gasteiger partial charge in [0.2, 0.25) is 0 Å². The smallest absolute Gasteiger partial charge is 0.144 e. The van der Waals surface area contributed by atoms with Crippen LogP contribution in [0.3, 0.4) is 0 Å². The second kappa shape index (κ2) is 6.61. The van der Waals surface area contributed by atoms with E-state index in [-0.39, 0.29) is 12.4 Å². The van der Waals surface area contributed by atoms with Gasteiger partial charge in [0.15, 0.2) is 0 Å². The van der Waals surface area contributed by atoms with Crippen molar-refractivity contribution in [1.82, 2.24) is 0 Å². The normalized spacial score (nSPS) is 20.0. The molecule has 1 aliphatic heterocycles. The lowest BCUT2D eigenvalue weighted by molar-refractivity contribution is -0.934. The molecule has 16 heavy (non-hydrogen) atoms. The molecule has 0 spiro atoms. The highest BCUT2D eigenvalue weighted by molar-refractivity contribution is 5.78. The van der Waals surface area contributed by atoms with Gasteiger partial charge in [-0.1, -0.05) is 27.7 Å². The lowest BCUT2D eigenvalue weighted by Crippen LogP contribution is -3.00. The lowest BCUT2D eigenvalue weighted by Gasteiger charge is -2.43. The molecular formula is C13H26ClNO. The van der Waals surface area contributed by atoms with Crippen molar-refractivity contribution >= 4 is 5.78 Å². The number of carbonyl (C=O) groups is 1. The Bertz CT molecular complexity index is 204. The van der Waals surface area contributed by atoms with E-state index in [1.165, 1.54) is 17.6 Å². The fourth-order valence-electron chi connectivity index (χ4n) is 2.95. The average molecular weight is 248 g/mol. The van der Waals surface area contributed by atoms with Crippen LogP contribution in [0.15, 0.2) is 0 Å². The van der Waals surface area contributed by atoms with Crippen molar-refractivity contribution in [2.45, 2.75) is 40.5 Å². The molecule has 0 atom stereocenters. The maximum atomic E-state index is 11.3. The molecule has 1 heterocycles. The summed E-state index contributed by atoms with van der Waals surface area (Å²) in [5.41, 5.74) is 0. The number of ketones is 1. The maximum absolute atomic E-state index is 11.3. The topological polar surface area (TPSA) is 17.1 Å². The fourth-order valence-corrected chi connectivity index (χ4v) is 2.95. The summed E-state index contributed by atoms with van der Waals surface area (Å²) in [4.78, 5) is 11.3. The molecule has 0 aliphatic carbocycles. The molecule has 96 valence electrons. The first-order valence-electron chi connectivity index (χ1n) is 6.30. The number of quaternary nitrogens is 1. The number of carbonyl (C=O) groups excluding carboxylic acids is 1. The fraction of sp³-hybridized carbons (Fsp3) is 0.923. The Morgan fingerprint density at radius 3 is 1.69 bits per heavy atom. The highest BCUT2D eigenvalue weighted by Crippen LogP contribution is 2.21. The van der Waals surface area contributed by atoms with Gasteiger partial charge in [-0.3, -0.25) is 4.79 Å². The molecule has 3 heteroatoms. The van der Waals surface area contributed by atoms with Gasteiger partial charge in [0.25, 0.3) is 0 Å². The predicted molar refractivity (Wildman–Crippen MR) is 63.6 cm³/mol. The largest absolute Gasteiger partial charge is 1.00 e. The number of piperidine rings is 1. The van der Waals surface area contributed by atoms with E-state index in [2.05, 4.69) is 27.7 Å². The summed E-state index contributed by atoms with van der Waals surface area (Å²) in [6.07, 6.45) is 1.61. The molecule has 0 aromatic rings. The Morgan fingerprint density at radius 2 is 1.38 bits per heavy atom. The third-order valence-electron chi connectivity index (χ3n) is 3.23. The van der Waals surface area contributed by atoms with E-state index in [9.17, 15) is 4.79 Å². The molecule has 1 fully saturated rings. The standard InChI is InChI=1S/C13H26NO.ClH/c1-11(2)9-14(10-12(3)4)7-5-13(15)6-8-14;/h11-12H,5-10H2,1-4H3;1H/q+1;/p-1. The Balaban J connectivity index is 0.00000225. The molecule has 1 aliphatic rings. The second-order valence-electron chi connectivity index (χ2n) is 5.98. The first-order chi connectivity index (χ1) is 6.93. The minimum atomic E-state index is 0. The molecule has 0 unspecified atom stereocenters. The minimum Gasteiger partial charge on any atom is -1.00 e. The summed E-state index contributed by atoms with van der Waals surface area (Å²) < 4.78 is 1.18. The summed E-state index contributed by atoms with van der Waals surface area (Å²) in [5.74, 6) is 1.94. The molecular weight excluding hydrogens is 222 g/mol. The average Bonchev–Trinajstić information content (AvgIpc) is 2.08. The predicted octanol–water partition coefficient (Wildman–Crippen LogP) is -0.518. The van der Waals surface area contributed by atoms with Crippen LogP contribution < -0.4 is 12.4 Å². The molecule has 0 saturated carbocycles. The van der Waals surface area contributed by atoms with Crippen LogP contribution in [0.5, 0.6) is 0 Å². The van der Waals surface area contributed by atoms with Crippen LogP contribution in [0.4, 0.5) is 0 Å². The van der Waals surface area contributed by atoms with Gasteiger partial charge in [0.1, 0.15) is 5.78 Å². The highest BCUT2D eigenvalue weighted by atomic mass is 35.5. The molecule has 0 radical (unpaired) electrons. The monoisotopic (exact) mass is 247 g/mol. The second-order valence-corrected chi connectivity index (χ2v) is 5.98. The zero-order valence-corrected chi connectivity index (χ0v) is 11.9. The number of nitrogens with zero attached hydrogens (tertiary/aromatic N) is 1. The van der Waals surface area contributed by atoms with Gasteiger partial charge in [-0.25, -0.2) is 0 Å². The van der Waals surface area contributed by atoms with E-state index in [4.69, 9.17) is 0 Å². The molecule has 1 rings (SSSR count). The SMILES string of the molecule is CC(C)C[N+]1(CC(C)C)CCC(=O)CC1.[Cl-].